The second-order valence-electron chi connectivity index (χ2n) is 2.44. The Labute approximate surface area is 53.5 Å². The van der Waals surface area contributed by atoms with Crippen LogP contribution in [-0.2, 0) is 0 Å². The summed E-state index contributed by atoms with van der Waals surface area (Å²) in [6.07, 6.45) is 0. The van der Waals surface area contributed by atoms with Crippen LogP contribution < -0.4 is 5.73 Å². The van der Waals surface area contributed by atoms with Crippen molar-refractivity contribution in [3.05, 3.63) is 0 Å². The molecule has 0 aromatic carbocycles. The monoisotopic (exact) mass is 167 g/mol. The van der Waals surface area contributed by atoms with Crippen LogP contribution in [0.1, 0.15) is 20.8 Å². The van der Waals surface area contributed by atoms with Gasteiger partial charge in [-0.25, -0.2) is 0 Å². The third-order valence-corrected chi connectivity index (χ3v) is 1.97. The summed E-state index contributed by atoms with van der Waals surface area (Å²) in [6, 6.07) is 0.271. The van der Waals surface area contributed by atoms with Crippen molar-refractivity contribution in [1.82, 2.24) is 0 Å². The summed E-state index contributed by atoms with van der Waals surface area (Å²) < 4.78 is 0.215. The van der Waals surface area contributed by atoms with Crippen LogP contribution in [0.3, 0.4) is 0 Å². The average Bonchev–Trinajstić information content (AvgIpc) is 1.31. The van der Waals surface area contributed by atoms with Crippen molar-refractivity contribution in [2.75, 3.05) is 0 Å². The van der Waals surface area contributed by atoms with E-state index in [2.05, 4.69) is 29.9 Å². The molecule has 0 saturated heterocycles. The molecule has 0 radical (unpaired) electrons. The molecule has 0 aliphatic heterocycles. The van der Waals surface area contributed by atoms with Gasteiger partial charge in [0.2, 0.25) is 0 Å². The third-order valence-electron chi connectivity index (χ3n) is 1.11. The molecule has 1 unspecified atom stereocenters. The minimum atomic E-state index is 0.215. The van der Waals surface area contributed by atoms with Crippen molar-refractivity contribution in [2.45, 2.75) is 31.1 Å². The maximum atomic E-state index is 5.55. The van der Waals surface area contributed by atoms with E-state index in [4.69, 9.17) is 5.73 Å². The molecule has 44 valence electrons. The van der Waals surface area contributed by atoms with Crippen molar-refractivity contribution in [2.24, 2.45) is 5.73 Å². The first-order valence-electron chi connectivity index (χ1n) is 2.42. The predicted molar refractivity (Wildman–Crippen MR) is 34.8 cm³/mol. The fourth-order valence-corrected chi connectivity index (χ4v) is 0. The fraction of sp³-hybridized carbons (Fsp3) is 1.00. The third kappa shape index (κ3) is 3.10. The van der Waals surface area contributed by atoms with Gasteiger partial charge < -0.3 is 0 Å². The van der Waals surface area contributed by atoms with Crippen LogP contribution in [0.2, 0.25) is 4.31 Å². The van der Waals surface area contributed by atoms with Gasteiger partial charge in [-0.1, -0.05) is 0 Å². The van der Waals surface area contributed by atoms with Crippen LogP contribution in [0.25, 0.3) is 0 Å². The molecule has 0 aromatic rings. The Morgan fingerprint density at radius 1 is 1.57 bits per heavy atom. The molecule has 2 heteroatoms. The summed E-state index contributed by atoms with van der Waals surface area (Å²) in [6.45, 7) is 6.23. The topological polar surface area (TPSA) is 26.0 Å². The number of rotatable bonds is 1. The summed E-state index contributed by atoms with van der Waals surface area (Å²) in [4.78, 5) is 0. The molecule has 1 atom stereocenters. The molecule has 0 fully saturated rings. The molecule has 0 rings (SSSR count). The van der Waals surface area contributed by atoms with E-state index in [1.54, 1.807) is 0 Å². The van der Waals surface area contributed by atoms with Crippen molar-refractivity contribution >= 4 is 16.0 Å². The van der Waals surface area contributed by atoms with E-state index in [1.807, 2.05) is 6.92 Å². The Balaban J connectivity index is 3.54. The molecule has 0 heterocycles. The zero-order valence-corrected chi connectivity index (χ0v) is 6.98. The molecular formula is C5H13NSe. The van der Waals surface area contributed by atoms with Gasteiger partial charge in [0.25, 0.3) is 0 Å². The Morgan fingerprint density at radius 2 is 1.71 bits per heavy atom. The van der Waals surface area contributed by atoms with E-state index in [0.29, 0.717) is 0 Å². The Kier molecular flexibility index (Phi) is 2.31. The molecule has 0 bridgehead atoms. The number of nitrogens with two attached hydrogens (primary N) is 1. The number of hydrogen-bond donors (Lipinski definition) is 1. The van der Waals surface area contributed by atoms with Crippen LogP contribution in [0, 0.1) is 0 Å². The van der Waals surface area contributed by atoms with Gasteiger partial charge in [-0.2, -0.15) is 0 Å². The summed E-state index contributed by atoms with van der Waals surface area (Å²) in [5.74, 6) is 0. The van der Waals surface area contributed by atoms with Crippen LogP contribution in [0.5, 0.6) is 0 Å². The Bertz CT molecular complexity index is 53.6. The predicted octanol–water partition coefficient (Wildman–Crippen LogP) is 0.433. The van der Waals surface area contributed by atoms with Gasteiger partial charge in [0, 0.05) is 0 Å². The van der Waals surface area contributed by atoms with Gasteiger partial charge >= 0.3 is 52.9 Å². The average molecular weight is 166 g/mol. The van der Waals surface area contributed by atoms with Crippen molar-refractivity contribution in [1.29, 1.82) is 0 Å². The van der Waals surface area contributed by atoms with Crippen LogP contribution in [0.4, 0.5) is 0 Å². The second kappa shape index (κ2) is 2.16. The first kappa shape index (κ1) is 7.48. The molecule has 0 saturated carbocycles. The SMILES string of the molecule is CC(N)C(C)(C)[SeH]. The summed E-state index contributed by atoms with van der Waals surface area (Å²) in [5, 5.41) is 0. The number of hydrogen-bond acceptors (Lipinski definition) is 1. The van der Waals surface area contributed by atoms with E-state index in [1.165, 1.54) is 0 Å². The normalized spacial score (nSPS) is 16.7. The fourth-order valence-electron chi connectivity index (χ4n) is 0. The maximum absolute atomic E-state index is 5.55. The molecule has 0 aliphatic rings. The summed E-state index contributed by atoms with van der Waals surface area (Å²) in [5.41, 5.74) is 5.55. The first-order valence-corrected chi connectivity index (χ1v) is 3.36. The van der Waals surface area contributed by atoms with E-state index < -0.39 is 0 Å². The van der Waals surface area contributed by atoms with E-state index in [0.717, 1.165) is 0 Å². The van der Waals surface area contributed by atoms with Crippen molar-refractivity contribution in [3.63, 3.8) is 0 Å². The standard InChI is InChI=1S/C5H13NSe/c1-4(6)5(2,3)7/h4,7H,6H2,1-3H3. The van der Waals surface area contributed by atoms with Crippen LogP contribution in [-0.4, -0.2) is 22.1 Å². The van der Waals surface area contributed by atoms with E-state index >= 15 is 0 Å². The second-order valence-corrected chi connectivity index (χ2v) is 4.86. The molecular weight excluding hydrogens is 153 g/mol. The molecule has 2 N–H and O–H groups in total. The van der Waals surface area contributed by atoms with E-state index in [9.17, 15) is 0 Å². The molecule has 0 spiro atoms. The quantitative estimate of drug-likeness (QED) is 0.562. The van der Waals surface area contributed by atoms with Gasteiger partial charge in [-0.3, -0.25) is 0 Å². The minimum absolute atomic E-state index is 0.215. The van der Waals surface area contributed by atoms with E-state index in [-0.39, 0.29) is 10.4 Å². The summed E-state index contributed by atoms with van der Waals surface area (Å²) in [7, 11) is 0. The first-order chi connectivity index (χ1) is 2.94. The zero-order valence-electron chi connectivity index (χ0n) is 5.10. The van der Waals surface area contributed by atoms with Gasteiger partial charge in [-0.15, -0.1) is 0 Å². The van der Waals surface area contributed by atoms with Gasteiger partial charge in [0.1, 0.15) is 0 Å². The zero-order chi connectivity index (χ0) is 6.08. The van der Waals surface area contributed by atoms with Crippen LogP contribution in [0.15, 0.2) is 0 Å². The molecule has 0 amide bonds. The molecule has 0 aliphatic carbocycles. The molecule has 1 nitrogen and oxygen atoms in total. The van der Waals surface area contributed by atoms with Gasteiger partial charge in [-0.05, 0) is 0 Å². The molecule has 7 heavy (non-hydrogen) atoms. The Morgan fingerprint density at radius 3 is 1.71 bits per heavy atom. The van der Waals surface area contributed by atoms with Crippen molar-refractivity contribution in [3.8, 4) is 0 Å². The van der Waals surface area contributed by atoms with Crippen molar-refractivity contribution < 1.29 is 0 Å². The summed E-state index contributed by atoms with van der Waals surface area (Å²) >= 11 is 2.56. The Hall–Kier alpha value is 0.479. The van der Waals surface area contributed by atoms with Gasteiger partial charge in [0.15, 0.2) is 0 Å². The molecule has 0 aromatic heterocycles. The van der Waals surface area contributed by atoms with Crippen LogP contribution >= 0.6 is 0 Å². The van der Waals surface area contributed by atoms with Gasteiger partial charge in [0.05, 0.1) is 0 Å².